The summed E-state index contributed by atoms with van der Waals surface area (Å²) in [6, 6.07) is 5.13. The van der Waals surface area contributed by atoms with Crippen LogP contribution in [0.25, 0.3) is 0 Å². The van der Waals surface area contributed by atoms with Crippen LogP contribution in [0.3, 0.4) is 0 Å². The Morgan fingerprint density at radius 2 is 2.15 bits per heavy atom. The SMILES string of the molecule is Cc1cc(CN2CCN[C@@H](C)C2)c(C)c(Nc2nnc([C@H](C)O)o2)c1.Cl. The van der Waals surface area contributed by atoms with Gasteiger partial charge < -0.3 is 20.2 Å². The molecule has 1 aromatic heterocycles. The second-order valence-electron chi connectivity index (χ2n) is 6.93. The summed E-state index contributed by atoms with van der Waals surface area (Å²) in [5.41, 5.74) is 4.61. The number of piperazine rings is 1. The van der Waals surface area contributed by atoms with Crippen LogP contribution in [0.4, 0.5) is 11.7 Å². The van der Waals surface area contributed by atoms with Gasteiger partial charge in [-0.1, -0.05) is 11.2 Å². The number of anilines is 2. The molecule has 0 bridgehead atoms. The van der Waals surface area contributed by atoms with Gasteiger partial charge in [-0.3, -0.25) is 4.90 Å². The van der Waals surface area contributed by atoms with Crippen LogP contribution in [-0.4, -0.2) is 45.9 Å². The number of halogens is 1. The van der Waals surface area contributed by atoms with E-state index in [0.717, 1.165) is 31.9 Å². The maximum Gasteiger partial charge on any atom is 0.320 e. The van der Waals surface area contributed by atoms with Gasteiger partial charge in [0.05, 0.1) is 0 Å². The van der Waals surface area contributed by atoms with E-state index in [9.17, 15) is 5.11 Å². The molecule has 7 nitrogen and oxygen atoms in total. The predicted octanol–water partition coefficient (Wildman–Crippen LogP) is 2.70. The van der Waals surface area contributed by atoms with Gasteiger partial charge in [0, 0.05) is 37.9 Å². The lowest BCUT2D eigenvalue weighted by atomic mass is 10.0. The maximum atomic E-state index is 9.51. The van der Waals surface area contributed by atoms with Gasteiger partial charge in [-0.05, 0) is 50.5 Å². The molecular weight excluding hydrogens is 354 g/mol. The van der Waals surface area contributed by atoms with Crippen LogP contribution in [-0.2, 0) is 6.54 Å². The fraction of sp³-hybridized carbons (Fsp3) is 0.556. The summed E-state index contributed by atoms with van der Waals surface area (Å²) in [6.07, 6.45) is -0.771. The molecule has 2 aromatic rings. The molecule has 144 valence electrons. The Morgan fingerprint density at radius 3 is 2.81 bits per heavy atom. The van der Waals surface area contributed by atoms with Crippen molar-refractivity contribution in [1.82, 2.24) is 20.4 Å². The topological polar surface area (TPSA) is 86.5 Å². The molecule has 0 saturated carbocycles. The lowest BCUT2D eigenvalue weighted by molar-refractivity contribution is 0.164. The molecular formula is C18H28ClN5O2. The minimum Gasteiger partial charge on any atom is -0.405 e. The number of aromatic nitrogens is 2. The van der Waals surface area contributed by atoms with Crippen LogP contribution < -0.4 is 10.6 Å². The highest BCUT2D eigenvalue weighted by molar-refractivity contribution is 5.85. The Labute approximate surface area is 160 Å². The lowest BCUT2D eigenvalue weighted by Gasteiger charge is -2.32. The van der Waals surface area contributed by atoms with E-state index in [0.29, 0.717) is 12.1 Å². The molecule has 0 spiro atoms. The Kier molecular flexibility index (Phi) is 7.00. The first-order valence-corrected chi connectivity index (χ1v) is 8.76. The smallest absolute Gasteiger partial charge is 0.320 e. The summed E-state index contributed by atoms with van der Waals surface area (Å²) in [7, 11) is 0. The van der Waals surface area contributed by atoms with E-state index in [4.69, 9.17) is 4.42 Å². The van der Waals surface area contributed by atoms with Crippen LogP contribution in [0.1, 0.15) is 42.5 Å². The van der Waals surface area contributed by atoms with Crippen molar-refractivity contribution >= 4 is 24.1 Å². The number of aliphatic hydroxyl groups excluding tert-OH is 1. The van der Waals surface area contributed by atoms with Crippen molar-refractivity contribution in [3.05, 3.63) is 34.7 Å². The van der Waals surface area contributed by atoms with Crippen molar-refractivity contribution in [2.24, 2.45) is 0 Å². The monoisotopic (exact) mass is 381 g/mol. The highest BCUT2D eigenvalue weighted by Crippen LogP contribution is 2.26. The number of aliphatic hydroxyl groups is 1. The third-order valence-electron chi connectivity index (χ3n) is 4.55. The maximum absolute atomic E-state index is 9.51. The molecule has 3 N–H and O–H groups in total. The van der Waals surface area contributed by atoms with Gasteiger partial charge in [0.2, 0.25) is 5.89 Å². The van der Waals surface area contributed by atoms with E-state index in [1.165, 1.54) is 16.7 Å². The second kappa shape index (κ2) is 8.81. The number of aryl methyl sites for hydroxylation is 1. The molecule has 2 atom stereocenters. The third kappa shape index (κ3) is 4.94. The molecule has 3 rings (SSSR count). The van der Waals surface area contributed by atoms with Gasteiger partial charge in [-0.15, -0.1) is 17.5 Å². The number of hydrogen-bond acceptors (Lipinski definition) is 7. The highest BCUT2D eigenvalue weighted by Gasteiger charge is 2.18. The van der Waals surface area contributed by atoms with Crippen molar-refractivity contribution < 1.29 is 9.52 Å². The summed E-state index contributed by atoms with van der Waals surface area (Å²) >= 11 is 0. The molecule has 8 heteroatoms. The zero-order chi connectivity index (χ0) is 18.0. The third-order valence-corrected chi connectivity index (χ3v) is 4.55. The Bertz CT molecular complexity index is 734. The summed E-state index contributed by atoms with van der Waals surface area (Å²) in [4.78, 5) is 2.48. The average Bonchev–Trinajstić information content (AvgIpc) is 3.01. The molecule has 0 radical (unpaired) electrons. The van der Waals surface area contributed by atoms with E-state index >= 15 is 0 Å². The summed E-state index contributed by atoms with van der Waals surface area (Å²) in [5.74, 6) is 0.211. The molecule has 1 aliphatic heterocycles. The molecule has 0 aliphatic carbocycles. The molecule has 1 saturated heterocycles. The van der Waals surface area contributed by atoms with Crippen molar-refractivity contribution in [3.8, 4) is 0 Å². The van der Waals surface area contributed by atoms with Gasteiger partial charge in [0.25, 0.3) is 0 Å². The summed E-state index contributed by atoms with van der Waals surface area (Å²) in [6.45, 7) is 12.1. The first-order chi connectivity index (χ1) is 11.9. The van der Waals surface area contributed by atoms with Crippen molar-refractivity contribution in [2.45, 2.75) is 46.4 Å². The van der Waals surface area contributed by atoms with E-state index < -0.39 is 6.10 Å². The molecule has 1 aliphatic rings. The molecule has 1 aromatic carbocycles. The van der Waals surface area contributed by atoms with Gasteiger partial charge in [-0.2, -0.15) is 0 Å². The van der Waals surface area contributed by atoms with E-state index in [1.807, 2.05) is 0 Å². The Morgan fingerprint density at radius 1 is 1.38 bits per heavy atom. The highest BCUT2D eigenvalue weighted by atomic mass is 35.5. The summed E-state index contributed by atoms with van der Waals surface area (Å²) < 4.78 is 5.45. The fourth-order valence-corrected chi connectivity index (χ4v) is 3.19. The van der Waals surface area contributed by atoms with Crippen LogP contribution in [0.5, 0.6) is 0 Å². The molecule has 0 amide bonds. The molecule has 26 heavy (non-hydrogen) atoms. The number of nitrogens with zero attached hydrogens (tertiary/aromatic N) is 3. The lowest BCUT2D eigenvalue weighted by Crippen LogP contribution is -2.48. The van der Waals surface area contributed by atoms with Crippen molar-refractivity contribution in [1.29, 1.82) is 0 Å². The number of hydrogen-bond donors (Lipinski definition) is 3. The molecule has 0 unspecified atom stereocenters. The number of rotatable bonds is 5. The summed E-state index contributed by atoms with van der Waals surface area (Å²) in [5, 5.41) is 24.0. The standard InChI is InChI=1S/C18H27N5O2.ClH/c1-11-7-15(10-23-6-5-19-12(2)9-23)13(3)16(8-11)20-18-22-21-17(25-18)14(4)24;/h7-8,12,14,19,24H,5-6,9-10H2,1-4H3,(H,20,22);1H/t12-,14-;/m0./s1. The van der Waals surface area contributed by atoms with Crippen LogP contribution in [0, 0.1) is 13.8 Å². The van der Waals surface area contributed by atoms with Crippen LogP contribution >= 0.6 is 12.4 Å². The average molecular weight is 382 g/mol. The van der Waals surface area contributed by atoms with Gasteiger partial charge >= 0.3 is 6.01 Å². The minimum absolute atomic E-state index is 0. The van der Waals surface area contributed by atoms with Gasteiger partial charge in [0.15, 0.2) is 0 Å². The number of benzene rings is 1. The zero-order valence-corrected chi connectivity index (χ0v) is 16.6. The first-order valence-electron chi connectivity index (χ1n) is 8.76. The van der Waals surface area contributed by atoms with E-state index in [2.05, 4.69) is 58.6 Å². The van der Waals surface area contributed by atoms with Crippen LogP contribution in [0.2, 0.25) is 0 Å². The molecule has 2 heterocycles. The fourth-order valence-electron chi connectivity index (χ4n) is 3.19. The van der Waals surface area contributed by atoms with Gasteiger partial charge in [-0.25, -0.2) is 0 Å². The Balaban J connectivity index is 0.00000243. The van der Waals surface area contributed by atoms with Crippen molar-refractivity contribution in [2.75, 3.05) is 25.0 Å². The predicted molar refractivity (Wildman–Crippen MR) is 104 cm³/mol. The van der Waals surface area contributed by atoms with Gasteiger partial charge in [0.1, 0.15) is 6.10 Å². The second-order valence-corrected chi connectivity index (χ2v) is 6.93. The quantitative estimate of drug-likeness (QED) is 0.734. The normalized spacial score (nSPS) is 19.0. The van der Waals surface area contributed by atoms with Crippen molar-refractivity contribution in [3.63, 3.8) is 0 Å². The van der Waals surface area contributed by atoms with E-state index in [-0.39, 0.29) is 18.3 Å². The largest absolute Gasteiger partial charge is 0.405 e. The van der Waals surface area contributed by atoms with E-state index in [1.54, 1.807) is 6.92 Å². The zero-order valence-electron chi connectivity index (χ0n) is 15.7. The molecule has 1 fully saturated rings. The number of nitrogens with one attached hydrogen (secondary N) is 2. The first kappa shape index (κ1) is 20.6. The Hall–Kier alpha value is -1.67. The van der Waals surface area contributed by atoms with Crippen LogP contribution in [0.15, 0.2) is 16.5 Å². The minimum atomic E-state index is -0.771.